The zero-order chi connectivity index (χ0) is 27.8. The number of hydrogen-bond acceptors (Lipinski definition) is 5. The SMILES string of the molecule is COc1ccc(C(=O)N(CCc2ccccc2)C2CC(C(=O)NCCN)N(C(=O)c3ccc(C)cc3)C2)cc1. The summed E-state index contributed by atoms with van der Waals surface area (Å²) >= 11 is 0. The van der Waals surface area contributed by atoms with Crippen molar-refractivity contribution in [3.63, 3.8) is 0 Å². The predicted octanol–water partition coefficient (Wildman–Crippen LogP) is 3.05. The molecule has 4 rings (SSSR count). The number of benzene rings is 3. The summed E-state index contributed by atoms with van der Waals surface area (Å²) in [4.78, 5) is 44.0. The largest absolute Gasteiger partial charge is 0.497 e. The van der Waals surface area contributed by atoms with Crippen LogP contribution in [-0.4, -0.2) is 72.9 Å². The van der Waals surface area contributed by atoms with E-state index in [-0.39, 0.29) is 30.3 Å². The number of likely N-dealkylation sites (tertiary alicyclic amines) is 1. The molecule has 0 saturated carbocycles. The lowest BCUT2D eigenvalue weighted by atomic mass is 10.1. The second-order valence-electron chi connectivity index (χ2n) is 9.77. The average molecular weight is 529 g/mol. The van der Waals surface area contributed by atoms with Gasteiger partial charge in [-0.3, -0.25) is 14.4 Å². The van der Waals surface area contributed by atoms with Crippen molar-refractivity contribution in [2.75, 3.05) is 33.3 Å². The first kappa shape index (κ1) is 27.9. The van der Waals surface area contributed by atoms with Crippen LogP contribution in [0.4, 0.5) is 0 Å². The van der Waals surface area contributed by atoms with Crippen LogP contribution in [0.15, 0.2) is 78.9 Å². The van der Waals surface area contributed by atoms with Crippen LogP contribution < -0.4 is 15.8 Å². The Balaban J connectivity index is 1.63. The lowest BCUT2D eigenvalue weighted by molar-refractivity contribution is -0.124. The number of nitrogens with two attached hydrogens (primary N) is 1. The topological polar surface area (TPSA) is 105 Å². The van der Waals surface area contributed by atoms with E-state index in [1.165, 1.54) is 0 Å². The van der Waals surface area contributed by atoms with Crippen molar-refractivity contribution in [2.45, 2.75) is 31.8 Å². The van der Waals surface area contributed by atoms with Crippen molar-refractivity contribution in [1.29, 1.82) is 0 Å². The number of nitrogens with one attached hydrogen (secondary N) is 1. The summed E-state index contributed by atoms with van der Waals surface area (Å²) in [5.74, 6) is 0.0210. The number of nitrogens with zero attached hydrogens (tertiary/aromatic N) is 2. The van der Waals surface area contributed by atoms with Crippen LogP contribution in [0.2, 0.25) is 0 Å². The van der Waals surface area contributed by atoms with E-state index in [9.17, 15) is 14.4 Å². The van der Waals surface area contributed by atoms with Crippen molar-refractivity contribution in [3.05, 3.63) is 101 Å². The molecule has 1 heterocycles. The number of hydrogen-bond donors (Lipinski definition) is 2. The van der Waals surface area contributed by atoms with Gasteiger partial charge in [0.1, 0.15) is 11.8 Å². The maximum absolute atomic E-state index is 13.8. The number of amides is 3. The molecule has 0 aliphatic carbocycles. The van der Waals surface area contributed by atoms with Crippen LogP contribution in [0.5, 0.6) is 5.75 Å². The summed E-state index contributed by atoms with van der Waals surface area (Å²) in [6.07, 6.45) is 0.986. The van der Waals surface area contributed by atoms with Crippen molar-refractivity contribution >= 4 is 17.7 Å². The third-order valence-electron chi connectivity index (χ3n) is 7.11. The standard InChI is InChI=1S/C31H36N4O4/c1-22-8-10-24(11-9-22)31(38)35-21-26(20-28(35)29(36)33-18-17-32)34(19-16-23-6-4-3-5-7-23)30(37)25-12-14-27(39-2)15-13-25/h3-15,26,28H,16-21,32H2,1-2H3,(H,33,36). The Kier molecular flexibility index (Phi) is 9.33. The molecule has 3 aromatic rings. The average Bonchev–Trinajstić information content (AvgIpc) is 3.42. The molecular formula is C31H36N4O4. The van der Waals surface area contributed by atoms with E-state index in [4.69, 9.17) is 10.5 Å². The van der Waals surface area contributed by atoms with E-state index in [1.54, 1.807) is 53.3 Å². The fourth-order valence-corrected chi connectivity index (χ4v) is 4.93. The van der Waals surface area contributed by atoms with Crippen LogP contribution in [0, 0.1) is 6.92 Å². The third-order valence-corrected chi connectivity index (χ3v) is 7.11. The Morgan fingerprint density at radius 2 is 1.64 bits per heavy atom. The lowest BCUT2D eigenvalue weighted by Gasteiger charge is -2.29. The molecule has 1 aliphatic heterocycles. The second kappa shape index (κ2) is 13.1. The Morgan fingerprint density at radius 1 is 0.974 bits per heavy atom. The van der Waals surface area contributed by atoms with E-state index in [0.29, 0.717) is 49.4 Å². The lowest BCUT2D eigenvalue weighted by Crippen LogP contribution is -2.47. The normalized spacial score (nSPS) is 16.5. The molecule has 1 fully saturated rings. The molecule has 3 aromatic carbocycles. The summed E-state index contributed by atoms with van der Waals surface area (Å²) < 4.78 is 5.25. The Hall–Kier alpha value is -4.17. The quantitative estimate of drug-likeness (QED) is 0.421. The first-order chi connectivity index (χ1) is 18.9. The van der Waals surface area contributed by atoms with Crippen LogP contribution in [0.3, 0.4) is 0 Å². The highest BCUT2D eigenvalue weighted by molar-refractivity contribution is 5.99. The Labute approximate surface area is 229 Å². The minimum Gasteiger partial charge on any atom is -0.497 e. The summed E-state index contributed by atoms with van der Waals surface area (Å²) in [7, 11) is 1.58. The minimum atomic E-state index is -0.710. The van der Waals surface area contributed by atoms with Gasteiger partial charge in [-0.05, 0) is 61.7 Å². The van der Waals surface area contributed by atoms with Gasteiger partial charge in [0.2, 0.25) is 5.91 Å². The van der Waals surface area contributed by atoms with E-state index in [2.05, 4.69) is 5.32 Å². The van der Waals surface area contributed by atoms with Crippen molar-refractivity contribution in [3.8, 4) is 5.75 Å². The van der Waals surface area contributed by atoms with Gasteiger partial charge in [-0.25, -0.2) is 0 Å². The van der Waals surface area contributed by atoms with Gasteiger partial charge in [-0.15, -0.1) is 0 Å². The van der Waals surface area contributed by atoms with Gasteiger partial charge in [0.15, 0.2) is 0 Å². The summed E-state index contributed by atoms with van der Waals surface area (Å²) in [6.45, 7) is 3.27. The first-order valence-electron chi connectivity index (χ1n) is 13.3. The van der Waals surface area contributed by atoms with Gasteiger partial charge < -0.3 is 25.6 Å². The van der Waals surface area contributed by atoms with Gasteiger partial charge in [-0.1, -0.05) is 48.0 Å². The smallest absolute Gasteiger partial charge is 0.254 e. The van der Waals surface area contributed by atoms with E-state index in [0.717, 1.165) is 11.1 Å². The van der Waals surface area contributed by atoms with Crippen LogP contribution in [0.25, 0.3) is 0 Å². The van der Waals surface area contributed by atoms with Gasteiger partial charge in [0.25, 0.3) is 11.8 Å². The number of carbonyl (C=O) groups excluding carboxylic acids is 3. The molecule has 1 aliphatic rings. The number of aryl methyl sites for hydroxylation is 1. The minimum absolute atomic E-state index is 0.149. The zero-order valence-electron chi connectivity index (χ0n) is 22.5. The molecule has 0 aromatic heterocycles. The molecule has 3 amide bonds. The summed E-state index contributed by atoms with van der Waals surface area (Å²) in [6, 6.07) is 23.2. The number of methoxy groups -OCH3 is 1. The first-order valence-corrected chi connectivity index (χ1v) is 13.3. The zero-order valence-corrected chi connectivity index (χ0v) is 22.5. The van der Waals surface area contributed by atoms with Crippen LogP contribution >= 0.6 is 0 Å². The second-order valence-corrected chi connectivity index (χ2v) is 9.77. The molecule has 1 saturated heterocycles. The molecule has 8 nitrogen and oxygen atoms in total. The molecule has 39 heavy (non-hydrogen) atoms. The van der Waals surface area contributed by atoms with Crippen LogP contribution in [-0.2, 0) is 11.2 Å². The number of rotatable bonds is 10. The third kappa shape index (κ3) is 6.83. The fraction of sp³-hybridized carbons (Fsp3) is 0.323. The number of ether oxygens (including phenoxy) is 1. The molecule has 0 spiro atoms. The Bertz CT molecular complexity index is 1260. The summed E-state index contributed by atoms with van der Waals surface area (Å²) in [5.41, 5.74) is 8.79. The van der Waals surface area contributed by atoms with Gasteiger partial charge >= 0.3 is 0 Å². The maximum atomic E-state index is 13.8. The maximum Gasteiger partial charge on any atom is 0.254 e. The molecule has 204 valence electrons. The fourth-order valence-electron chi connectivity index (χ4n) is 4.93. The number of carbonyl (C=O) groups is 3. The van der Waals surface area contributed by atoms with E-state index >= 15 is 0 Å². The van der Waals surface area contributed by atoms with Crippen molar-refractivity contribution in [2.24, 2.45) is 5.73 Å². The molecule has 0 radical (unpaired) electrons. The van der Waals surface area contributed by atoms with E-state index < -0.39 is 6.04 Å². The van der Waals surface area contributed by atoms with Gasteiger partial charge in [0.05, 0.1) is 13.2 Å². The van der Waals surface area contributed by atoms with Gasteiger partial charge in [0, 0.05) is 37.3 Å². The van der Waals surface area contributed by atoms with Crippen molar-refractivity contribution in [1.82, 2.24) is 15.1 Å². The molecule has 2 unspecified atom stereocenters. The highest BCUT2D eigenvalue weighted by Gasteiger charge is 2.43. The van der Waals surface area contributed by atoms with Gasteiger partial charge in [-0.2, -0.15) is 0 Å². The molecular weight excluding hydrogens is 492 g/mol. The highest BCUT2D eigenvalue weighted by atomic mass is 16.5. The monoisotopic (exact) mass is 528 g/mol. The highest BCUT2D eigenvalue weighted by Crippen LogP contribution is 2.27. The predicted molar refractivity (Wildman–Crippen MR) is 151 cm³/mol. The molecule has 0 bridgehead atoms. The van der Waals surface area contributed by atoms with Crippen molar-refractivity contribution < 1.29 is 19.1 Å². The van der Waals surface area contributed by atoms with Crippen LogP contribution in [0.1, 0.15) is 38.3 Å². The Morgan fingerprint density at radius 3 is 2.28 bits per heavy atom. The molecule has 3 N–H and O–H groups in total. The summed E-state index contributed by atoms with van der Waals surface area (Å²) in [5, 5.41) is 2.84. The molecule has 8 heteroatoms. The van der Waals surface area contributed by atoms with E-state index in [1.807, 2.05) is 49.4 Å². The molecule has 2 atom stereocenters.